The Kier molecular flexibility index (Phi) is 4.90. The number of nitrogens with two attached hydrogens (primary N) is 1. The summed E-state index contributed by atoms with van der Waals surface area (Å²) in [6, 6.07) is 4.14. The summed E-state index contributed by atoms with van der Waals surface area (Å²) < 4.78 is 13.3. The lowest BCUT2D eigenvalue weighted by Gasteiger charge is -2.34. The number of hydrogen-bond donors (Lipinski definition) is 2. The van der Waals surface area contributed by atoms with Crippen LogP contribution in [0, 0.1) is 12.7 Å². The molecular formula is C15H20FN3O2. The minimum Gasteiger partial charge on any atom is -0.368 e. The van der Waals surface area contributed by atoms with Crippen LogP contribution in [-0.2, 0) is 4.79 Å². The summed E-state index contributed by atoms with van der Waals surface area (Å²) in [5.41, 5.74) is 6.04. The zero-order valence-electron chi connectivity index (χ0n) is 12.1. The van der Waals surface area contributed by atoms with E-state index in [-0.39, 0.29) is 24.3 Å². The number of nitrogens with one attached hydrogen (secondary N) is 1. The largest absolute Gasteiger partial charge is 0.368 e. The molecule has 6 heteroatoms. The second-order valence-electron chi connectivity index (χ2n) is 5.36. The minimum absolute atomic E-state index is 0.0656. The van der Waals surface area contributed by atoms with Crippen molar-refractivity contribution in [3.63, 3.8) is 0 Å². The van der Waals surface area contributed by atoms with Crippen LogP contribution in [0.25, 0.3) is 0 Å². The Balaban J connectivity index is 2.23. The molecular weight excluding hydrogens is 273 g/mol. The van der Waals surface area contributed by atoms with E-state index in [0.717, 1.165) is 19.4 Å². The highest BCUT2D eigenvalue weighted by atomic mass is 19.1. The smallest absolute Gasteiger partial charge is 0.254 e. The molecule has 0 aliphatic carbocycles. The van der Waals surface area contributed by atoms with Gasteiger partial charge in [0.05, 0.1) is 6.54 Å². The number of primary amides is 1. The van der Waals surface area contributed by atoms with Crippen LogP contribution in [0.5, 0.6) is 0 Å². The summed E-state index contributed by atoms with van der Waals surface area (Å²) in [7, 11) is 0. The van der Waals surface area contributed by atoms with E-state index in [9.17, 15) is 14.0 Å². The molecule has 0 spiro atoms. The molecule has 1 heterocycles. The van der Waals surface area contributed by atoms with Crippen LogP contribution >= 0.6 is 0 Å². The van der Waals surface area contributed by atoms with Crippen molar-refractivity contribution in [2.45, 2.75) is 25.8 Å². The molecule has 0 bridgehead atoms. The van der Waals surface area contributed by atoms with Gasteiger partial charge >= 0.3 is 0 Å². The van der Waals surface area contributed by atoms with Crippen molar-refractivity contribution >= 4 is 11.8 Å². The van der Waals surface area contributed by atoms with Crippen LogP contribution in [0.2, 0.25) is 0 Å². The van der Waals surface area contributed by atoms with Crippen LogP contribution < -0.4 is 11.1 Å². The maximum atomic E-state index is 13.3. The molecule has 1 aromatic carbocycles. The third-order valence-corrected chi connectivity index (χ3v) is 3.70. The Morgan fingerprint density at radius 2 is 2.24 bits per heavy atom. The number of amides is 2. The molecule has 1 aliphatic heterocycles. The van der Waals surface area contributed by atoms with E-state index in [0.29, 0.717) is 17.7 Å². The number of rotatable bonds is 4. The highest BCUT2D eigenvalue weighted by molar-refractivity contribution is 5.96. The summed E-state index contributed by atoms with van der Waals surface area (Å²) in [6.45, 7) is 3.03. The Hall–Kier alpha value is -1.95. The molecule has 5 nitrogen and oxygen atoms in total. The van der Waals surface area contributed by atoms with E-state index in [1.165, 1.54) is 23.1 Å². The van der Waals surface area contributed by atoms with Gasteiger partial charge in [0.2, 0.25) is 5.91 Å². The molecule has 21 heavy (non-hydrogen) atoms. The van der Waals surface area contributed by atoms with Gasteiger partial charge < -0.3 is 16.0 Å². The van der Waals surface area contributed by atoms with Gasteiger partial charge in [0, 0.05) is 18.2 Å². The van der Waals surface area contributed by atoms with Crippen LogP contribution in [-0.4, -0.2) is 42.4 Å². The van der Waals surface area contributed by atoms with Crippen LogP contribution in [0.3, 0.4) is 0 Å². The Morgan fingerprint density at radius 1 is 1.48 bits per heavy atom. The van der Waals surface area contributed by atoms with Crippen molar-refractivity contribution < 1.29 is 14.0 Å². The van der Waals surface area contributed by atoms with Gasteiger partial charge in [0.25, 0.3) is 5.91 Å². The Morgan fingerprint density at radius 3 is 2.81 bits per heavy atom. The summed E-state index contributed by atoms with van der Waals surface area (Å²) >= 11 is 0. The Labute approximate surface area is 123 Å². The van der Waals surface area contributed by atoms with Crippen molar-refractivity contribution in [1.82, 2.24) is 10.2 Å². The third-order valence-electron chi connectivity index (χ3n) is 3.70. The maximum absolute atomic E-state index is 13.3. The molecule has 1 atom stereocenters. The Bertz CT molecular complexity index is 542. The van der Waals surface area contributed by atoms with Crippen molar-refractivity contribution in [1.29, 1.82) is 0 Å². The van der Waals surface area contributed by atoms with E-state index in [2.05, 4.69) is 5.32 Å². The van der Waals surface area contributed by atoms with E-state index in [1.807, 2.05) is 0 Å². The average molecular weight is 293 g/mol. The van der Waals surface area contributed by atoms with Gasteiger partial charge in [-0.1, -0.05) is 0 Å². The molecule has 1 fully saturated rings. The molecule has 1 aromatic rings. The van der Waals surface area contributed by atoms with Crippen LogP contribution in [0.4, 0.5) is 4.39 Å². The molecule has 1 aliphatic rings. The molecule has 0 radical (unpaired) electrons. The number of carbonyl (C=O) groups excluding carboxylic acids is 2. The minimum atomic E-state index is -0.548. The highest BCUT2D eigenvalue weighted by Crippen LogP contribution is 2.16. The zero-order valence-corrected chi connectivity index (χ0v) is 12.1. The molecule has 2 rings (SSSR count). The summed E-state index contributed by atoms with van der Waals surface area (Å²) in [6.07, 6.45) is 1.77. The van der Waals surface area contributed by atoms with E-state index in [4.69, 9.17) is 5.73 Å². The van der Waals surface area contributed by atoms with Gasteiger partial charge in [0.1, 0.15) is 5.82 Å². The molecule has 1 saturated heterocycles. The van der Waals surface area contributed by atoms with Crippen LogP contribution in [0.1, 0.15) is 28.8 Å². The average Bonchev–Trinajstić information content (AvgIpc) is 2.47. The molecule has 0 aromatic heterocycles. The number of hydrogen-bond acceptors (Lipinski definition) is 3. The molecule has 2 amide bonds. The van der Waals surface area contributed by atoms with Crippen LogP contribution in [0.15, 0.2) is 18.2 Å². The predicted octanol–water partition coefficient (Wildman–Crippen LogP) is 0.814. The normalized spacial score (nSPS) is 18.3. The molecule has 114 valence electrons. The number of piperidine rings is 1. The molecule has 0 saturated carbocycles. The molecule has 3 N–H and O–H groups in total. The van der Waals surface area contributed by atoms with Crippen molar-refractivity contribution in [3.05, 3.63) is 35.1 Å². The van der Waals surface area contributed by atoms with Crippen molar-refractivity contribution in [3.8, 4) is 0 Å². The van der Waals surface area contributed by atoms with Crippen molar-refractivity contribution in [2.75, 3.05) is 19.6 Å². The first-order chi connectivity index (χ1) is 9.99. The van der Waals surface area contributed by atoms with E-state index >= 15 is 0 Å². The predicted molar refractivity (Wildman–Crippen MR) is 77.3 cm³/mol. The summed E-state index contributed by atoms with van der Waals surface area (Å²) in [5.74, 6) is -1.19. The topological polar surface area (TPSA) is 75.4 Å². The first-order valence-corrected chi connectivity index (χ1v) is 7.05. The first-order valence-electron chi connectivity index (χ1n) is 7.05. The quantitative estimate of drug-likeness (QED) is 0.863. The fraction of sp³-hybridized carbons (Fsp3) is 0.467. The summed E-state index contributed by atoms with van der Waals surface area (Å²) in [5, 5.41) is 3.21. The SMILES string of the molecule is Cc1cc(C(=O)N(CC(N)=O)C2CCCNC2)ccc1F. The number of aryl methyl sites for hydroxylation is 1. The number of halogens is 1. The second-order valence-corrected chi connectivity index (χ2v) is 5.36. The van der Waals surface area contributed by atoms with Gasteiger partial charge in [-0.25, -0.2) is 4.39 Å². The lowest BCUT2D eigenvalue weighted by molar-refractivity contribution is -0.119. The first kappa shape index (κ1) is 15.4. The zero-order chi connectivity index (χ0) is 15.4. The number of carbonyl (C=O) groups is 2. The standard InChI is InChI=1S/C15H20FN3O2/c1-10-7-11(4-5-13(10)16)15(21)19(9-14(17)20)12-3-2-6-18-8-12/h4-5,7,12,18H,2-3,6,8-9H2,1H3,(H2,17,20). The second kappa shape index (κ2) is 6.67. The fourth-order valence-corrected chi connectivity index (χ4v) is 2.58. The van der Waals surface area contributed by atoms with Gasteiger partial charge in [-0.15, -0.1) is 0 Å². The van der Waals surface area contributed by atoms with E-state index < -0.39 is 5.91 Å². The maximum Gasteiger partial charge on any atom is 0.254 e. The van der Waals surface area contributed by atoms with Gasteiger partial charge in [-0.3, -0.25) is 9.59 Å². The fourth-order valence-electron chi connectivity index (χ4n) is 2.58. The van der Waals surface area contributed by atoms with Crippen molar-refractivity contribution in [2.24, 2.45) is 5.73 Å². The highest BCUT2D eigenvalue weighted by Gasteiger charge is 2.27. The molecule has 1 unspecified atom stereocenters. The summed E-state index contributed by atoms with van der Waals surface area (Å²) in [4.78, 5) is 25.4. The van der Waals surface area contributed by atoms with Gasteiger partial charge in [-0.2, -0.15) is 0 Å². The lowest BCUT2D eigenvalue weighted by Crippen LogP contribution is -2.51. The van der Waals surface area contributed by atoms with Gasteiger partial charge in [0.15, 0.2) is 0 Å². The lowest BCUT2D eigenvalue weighted by atomic mass is 10.0. The van der Waals surface area contributed by atoms with E-state index in [1.54, 1.807) is 6.92 Å². The van der Waals surface area contributed by atoms with Gasteiger partial charge in [-0.05, 0) is 50.1 Å². The number of nitrogens with zero attached hydrogens (tertiary/aromatic N) is 1. The third kappa shape index (κ3) is 3.78. The number of benzene rings is 1. The monoisotopic (exact) mass is 293 g/mol.